The van der Waals surface area contributed by atoms with Crippen molar-refractivity contribution >= 4 is 17.5 Å². The Kier molecular flexibility index (Phi) is 6.68. The first-order valence-corrected chi connectivity index (χ1v) is 9.97. The first-order chi connectivity index (χ1) is 12.7. The van der Waals surface area contributed by atoms with E-state index in [0.29, 0.717) is 6.42 Å². The molecule has 0 saturated carbocycles. The van der Waals surface area contributed by atoms with E-state index in [2.05, 4.69) is 14.8 Å². The van der Waals surface area contributed by atoms with Crippen molar-refractivity contribution in [1.82, 2.24) is 14.8 Å². The third-order valence-electron chi connectivity index (χ3n) is 4.38. The van der Waals surface area contributed by atoms with E-state index in [9.17, 15) is 4.79 Å². The molecule has 0 bridgehead atoms. The van der Waals surface area contributed by atoms with Crippen LogP contribution in [0.15, 0.2) is 29.4 Å². The Morgan fingerprint density at radius 1 is 1.35 bits per heavy atom. The lowest BCUT2D eigenvalue weighted by Gasteiger charge is -2.15. The topological polar surface area (TPSA) is 66.2 Å². The number of ketones is 1. The highest BCUT2D eigenvalue weighted by Gasteiger charge is 2.21. The number of benzene rings is 1. The number of nitrogens with zero attached hydrogens (tertiary/aromatic N) is 3. The normalized spacial score (nSPS) is 16.8. The number of ether oxygens (including phenoxy) is 2. The van der Waals surface area contributed by atoms with Gasteiger partial charge < -0.3 is 14.3 Å². The number of carbonyl (C=O) groups excluding carboxylic acids is 1. The number of hydrogen-bond donors (Lipinski definition) is 0. The smallest absolute Gasteiger partial charge is 0.191 e. The van der Waals surface area contributed by atoms with E-state index in [0.717, 1.165) is 60.5 Å². The van der Waals surface area contributed by atoms with Crippen LogP contribution in [0.2, 0.25) is 0 Å². The average molecular weight is 375 g/mol. The average Bonchev–Trinajstić information content (AvgIpc) is 3.29. The second-order valence-corrected chi connectivity index (χ2v) is 7.50. The van der Waals surface area contributed by atoms with Crippen molar-refractivity contribution in [3.63, 3.8) is 0 Å². The van der Waals surface area contributed by atoms with E-state index < -0.39 is 0 Å². The van der Waals surface area contributed by atoms with Crippen LogP contribution in [0.3, 0.4) is 0 Å². The Morgan fingerprint density at radius 3 is 2.81 bits per heavy atom. The first kappa shape index (κ1) is 18.9. The maximum absolute atomic E-state index is 11.1. The standard InChI is InChI=1S/C19H25N3O3S/c1-14(23)5-4-12-26-19-21-20-18(15-7-9-16(24-2)10-8-15)22(19)13-17-6-3-11-25-17/h7-10,17H,3-6,11-13H2,1-2H3. The number of rotatable bonds is 9. The summed E-state index contributed by atoms with van der Waals surface area (Å²) in [5.74, 6) is 2.74. The van der Waals surface area contributed by atoms with Crippen LogP contribution < -0.4 is 4.74 Å². The maximum Gasteiger partial charge on any atom is 0.191 e. The Balaban J connectivity index is 1.79. The fourth-order valence-corrected chi connectivity index (χ4v) is 3.88. The molecule has 1 aliphatic heterocycles. The van der Waals surface area contributed by atoms with Gasteiger partial charge in [0.05, 0.1) is 19.8 Å². The van der Waals surface area contributed by atoms with Crippen LogP contribution in [-0.2, 0) is 16.1 Å². The molecule has 26 heavy (non-hydrogen) atoms. The molecule has 6 nitrogen and oxygen atoms in total. The summed E-state index contributed by atoms with van der Waals surface area (Å²) in [6.07, 6.45) is 3.84. The molecule has 1 aromatic carbocycles. The fraction of sp³-hybridized carbons (Fsp3) is 0.526. The largest absolute Gasteiger partial charge is 0.497 e. The number of methoxy groups -OCH3 is 1. The zero-order valence-electron chi connectivity index (χ0n) is 15.3. The Bertz CT molecular complexity index is 724. The van der Waals surface area contributed by atoms with Crippen molar-refractivity contribution in [2.75, 3.05) is 19.5 Å². The SMILES string of the molecule is COc1ccc(-c2nnc(SCCCC(C)=O)n2CC2CCCO2)cc1. The highest BCUT2D eigenvalue weighted by atomic mass is 32.2. The van der Waals surface area contributed by atoms with Crippen LogP contribution in [0.25, 0.3) is 11.4 Å². The van der Waals surface area contributed by atoms with Gasteiger partial charge in [0, 0.05) is 24.3 Å². The van der Waals surface area contributed by atoms with Crippen molar-refractivity contribution in [2.24, 2.45) is 0 Å². The van der Waals surface area contributed by atoms with Crippen LogP contribution in [0.5, 0.6) is 5.75 Å². The van der Waals surface area contributed by atoms with Crippen molar-refractivity contribution in [1.29, 1.82) is 0 Å². The predicted molar refractivity (Wildman–Crippen MR) is 102 cm³/mol. The third-order valence-corrected chi connectivity index (χ3v) is 5.43. The second-order valence-electron chi connectivity index (χ2n) is 6.43. The van der Waals surface area contributed by atoms with Gasteiger partial charge in [-0.1, -0.05) is 11.8 Å². The van der Waals surface area contributed by atoms with Crippen molar-refractivity contribution in [3.8, 4) is 17.1 Å². The Morgan fingerprint density at radius 2 is 2.15 bits per heavy atom. The summed E-state index contributed by atoms with van der Waals surface area (Å²) >= 11 is 1.65. The summed E-state index contributed by atoms with van der Waals surface area (Å²) in [5.41, 5.74) is 1.01. The van der Waals surface area contributed by atoms with E-state index in [1.807, 2.05) is 24.3 Å². The van der Waals surface area contributed by atoms with Gasteiger partial charge in [-0.15, -0.1) is 10.2 Å². The molecule has 2 aromatic rings. The molecule has 3 rings (SSSR count). The molecular formula is C19H25N3O3S. The van der Waals surface area contributed by atoms with Gasteiger partial charge in [-0.3, -0.25) is 4.57 Å². The molecule has 0 radical (unpaired) electrons. The Labute approximate surface area is 158 Å². The molecule has 7 heteroatoms. The zero-order chi connectivity index (χ0) is 18.4. The number of hydrogen-bond acceptors (Lipinski definition) is 6. The minimum Gasteiger partial charge on any atom is -0.497 e. The van der Waals surface area contributed by atoms with Gasteiger partial charge in [-0.05, 0) is 50.5 Å². The van der Waals surface area contributed by atoms with Gasteiger partial charge in [-0.25, -0.2) is 0 Å². The molecule has 0 spiro atoms. The lowest BCUT2D eigenvalue weighted by molar-refractivity contribution is -0.117. The number of aromatic nitrogens is 3. The van der Waals surface area contributed by atoms with Gasteiger partial charge in [0.1, 0.15) is 11.5 Å². The molecule has 0 aliphatic carbocycles. The predicted octanol–water partition coefficient (Wildman–Crippen LogP) is 3.59. The summed E-state index contributed by atoms with van der Waals surface area (Å²) in [5, 5.41) is 9.71. The van der Waals surface area contributed by atoms with Crippen LogP contribution in [0.1, 0.15) is 32.6 Å². The highest BCUT2D eigenvalue weighted by molar-refractivity contribution is 7.99. The lowest BCUT2D eigenvalue weighted by Crippen LogP contribution is -2.16. The quantitative estimate of drug-likeness (QED) is 0.493. The van der Waals surface area contributed by atoms with Gasteiger partial charge in [0.2, 0.25) is 0 Å². The summed E-state index contributed by atoms with van der Waals surface area (Å²) < 4.78 is 13.2. The molecule has 1 aliphatic rings. The van der Waals surface area contributed by atoms with Crippen molar-refractivity contribution < 1.29 is 14.3 Å². The molecule has 0 amide bonds. The lowest BCUT2D eigenvalue weighted by atomic mass is 10.2. The minimum atomic E-state index is 0.208. The molecule has 1 unspecified atom stereocenters. The molecule has 1 saturated heterocycles. The molecule has 1 fully saturated rings. The van der Waals surface area contributed by atoms with Crippen LogP contribution in [-0.4, -0.2) is 46.1 Å². The number of thioether (sulfide) groups is 1. The number of Topliss-reactive ketones (excluding diaryl/α,β-unsaturated/α-hetero) is 1. The van der Waals surface area contributed by atoms with Crippen LogP contribution >= 0.6 is 11.8 Å². The van der Waals surface area contributed by atoms with Gasteiger partial charge in [-0.2, -0.15) is 0 Å². The molecule has 1 atom stereocenters. The van der Waals surface area contributed by atoms with E-state index >= 15 is 0 Å². The third kappa shape index (κ3) is 4.86. The monoisotopic (exact) mass is 375 g/mol. The summed E-state index contributed by atoms with van der Waals surface area (Å²) in [4.78, 5) is 11.1. The second kappa shape index (κ2) is 9.19. The first-order valence-electron chi connectivity index (χ1n) is 8.99. The summed E-state index contributed by atoms with van der Waals surface area (Å²) in [6.45, 7) is 3.21. The van der Waals surface area contributed by atoms with Gasteiger partial charge in [0.25, 0.3) is 0 Å². The van der Waals surface area contributed by atoms with Gasteiger partial charge >= 0.3 is 0 Å². The highest BCUT2D eigenvalue weighted by Crippen LogP contribution is 2.28. The van der Waals surface area contributed by atoms with Crippen LogP contribution in [0, 0.1) is 0 Å². The molecular weight excluding hydrogens is 350 g/mol. The van der Waals surface area contributed by atoms with E-state index in [1.54, 1.807) is 25.8 Å². The van der Waals surface area contributed by atoms with Crippen LogP contribution in [0.4, 0.5) is 0 Å². The minimum absolute atomic E-state index is 0.208. The molecule has 2 heterocycles. The van der Waals surface area contributed by atoms with Crippen molar-refractivity contribution in [3.05, 3.63) is 24.3 Å². The molecule has 140 valence electrons. The van der Waals surface area contributed by atoms with E-state index in [1.165, 1.54) is 0 Å². The molecule has 0 N–H and O–H groups in total. The van der Waals surface area contributed by atoms with Gasteiger partial charge in [0.15, 0.2) is 11.0 Å². The summed E-state index contributed by atoms with van der Waals surface area (Å²) in [7, 11) is 1.66. The summed E-state index contributed by atoms with van der Waals surface area (Å²) in [6, 6.07) is 7.86. The van der Waals surface area contributed by atoms with E-state index in [-0.39, 0.29) is 11.9 Å². The molecule has 1 aromatic heterocycles. The Hall–Kier alpha value is -1.86. The van der Waals surface area contributed by atoms with Crippen molar-refractivity contribution in [2.45, 2.75) is 50.4 Å². The maximum atomic E-state index is 11.1. The van der Waals surface area contributed by atoms with E-state index in [4.69, 9.17) is 9.47 Å². The zero-order valence-corrected chi connectivity index (χ0v) is 16.1. The fourth-order valence-electron chi connectivity index (χ4n) is 2.99. The number of carbonyl (C=O) groups is 1.